The number of hydrogen-bond donors (Lipinski definition) is 1. The van der Waals surface area contributed by atoms with Gasteiger partial charge in [-0.25, -0.2) is 4.79 Å². The molecule has 0 atom stereocenters. The van der Waals surface area contributed by atoms with Gasteiger partial charge in [-0.05, 0) is 23.8 Å². The Balaban J connectivity index is 3.00. The lowest BCUT2D eigenvalue weighted by Crippen LogP contribution is -2.08. The van der Waals surface area contributed by atoms with Gasteiger partial charge in [0.25, 0.3) is 0 Å². The van der Waals surface area contributed by atoms with Crippen molar-refractivity contribution in [2.75, 3.05) is 6.54 Å². The molecule has 0 fully saturated rings. The van der Waals surface area contributed by atoms with Crippen molar-refractivity contribution in [2.24, 2.45) is 0 Å². The second-order valence-electron chi connectivity index (χ2n) is 3.45. The van der Waals surface area contributed by atoms with E-state index in [1.54, 1.807) is 12.1 Å². The van der Waals surface area contributed by atoms with E-state index in [-0.39, 0.29) is 12.0 Å². The lowest BCUT2D eigenvalue weighted by Gasteiger charge is -2.02. The topological polar surface area (TPSA) is 80.4 Å². The molecule has 0 amide bonds. The van der Waals surface area contributed by atoms with Gasteiger partial charge in [0.1, 0.15) is 0 Å². The number of rotatable bonds is 5. The minimum absolute atomic E-state index is 0.0732. The number of halogens is 2. The van der Waals surface area contributed by atoms with E-state index in [9.17, 15) is 14.9 Å². The van der Waals surface area contributed by atoms with Crippen LogP contribution in [0.2, 0.25) is 10.0 Å². The van der Waals surface area contributed by atoms with Gasteiger partial charge >= 0.3 is 5.97 Å². The fourth-order valence-corrected chi connectivity index (χ4v) is 1.72. The van der Waals surface area contributed by atoms with E-state index in [1.165, 1.54) is 12.1 Å². The Hall–Kier alpha value is -1.59. The van der Waals surface area contributed by atoms with Crippen LogP contribution in [0.5, 0.6) is 0 Å². The van der Waals surface area contributed by atoms with E-state index >= 15 is 0 Å². The molecule has 0 saturated carbocycles. The fraction of sp³-hybridized carbons (Fsp3) is 0.182. The third kappa shape index (κ3) is 4.35. The molecule has 0 aliphatic heterocycles. The van der Waals surface area contributed by atoms with Crippen molar-refractivity contribution >= 4 is 35.2 Å². The van der Waals surface area contributed by atoms with Gasteiger partial charge in [0.2, 0.25) is 6.54 Å². The average Bonchev–Trinajstić information content (AvgIpc) is 2.26. The van der Waals surface area contributed by atoms with Crippen LogP contribution in [0.1, 0.15) is 12.0 Å². The monoisotopic (exact) mass is 289 g/mol. The van der Waals surface area contributed by atoms with Crippen LogP contribution in [0.15, 0.2) is 23.8 Å². The van der Waals surface area contributed by atoms with Crippen LogP contribution in [-0.2, 0) is 4.79 Å². The highest BCUT2D eigenvalue weighted by atomic mass is 35.5. The summed E-state index contributed by atoms with van der Waals surface area (Å²) in [6, 6.07) is 4.59. The van der Waals surface area contributed by atoms with Crippen molar-refractivity contribution in [2.45, 2.75) is 6.42 Å². The summed E-state index contributed by atoms with van der Waals surface area (Å²) in [6.45, 7) is -0.441. The number of benzene rings is 1. The minimum Gasteiger partial charge on any atom is -0.478 e. The van der Waals surface area contributed by atoms with Crippen molar-refractivity contribution in [1.29, 1.82) is 0 Å². The van der Waals surface area contributed by atoms with E-state index in [2.05, 4.69) is 0 Å². The van der Waals surface area contributed by atoms with E-state index in [0.717, 1.165) is 0 Å². The summed E-state index contributed by atoms with van der Waals surface area (Å²) in [7, 11) is 0. The Morgan fingerprint density at radius 1 is 1.44 bits per heavy atom. The molecule has 0 saturated heterocycles. The molecule has 5 nitrogen and oxygen atoms in total. The summed E-state index contributed by atoms with van der Waals surface area (Å²) in [5, 5.41) is 19.9. The highest BCUT2D eigenvalue weighted by Crippen LogP contribution is 2.23. The highest BCUT2D eigenvalue weighted by molar-refractivity contribution is 6.35. The number of nitrogens with zero attached hydrogens (tertiary/aromatic N) is 1. The lowest BCUT2D eigenvalue weighted by molar-refractivity contribution is -0.479. The quantitative estimate of drug-likeness (QED) is 0.513. The van der Waals surface area contributed by atoms with Crippen LogP contribution in [0.3, 0.4) is 0 Å². The number of nitro groups is 1. The molecule has 0 aromatic heterocycles. The third-order valence-corrected chi connectivity index (χ3v) is 2.69. The maximum absolute atomic E-state index is 10.9. The van der Waals surface area contributed by atoms with Crippen molar-refractivity contribution in [3.8, 4) is 0 Å². The van der Waals surface area contributed by atoms with Gasteiger partial charge < -0.3 is 5.11 Å². The van der Waals surface area contributed by atoms with Gasteiger partial charge in [0, 0.05) is 27.0 Å². The van der Waals surface area contributed by atoms with E-state index < -0.39 is 17.4 Å². The Morgan fingerprint density at radius 2 is 2.11 bits per heavy atom. The highest BCUT2D eigenvalue weighted by Gasteiger charge is 2.12. The zero-order valence-electron chi connectivity index (χ0n) is 9.10. The molecule has 0 aliphatic carbocycles. The standard InChI is InChI=1S/C11H9Cl2NO4/c12-9-2-1-7(10(13)6-9)5-8(11(15)16)3-4-14(17)18/h1-2,5-6H,3-4H2,(H,15,16)/b8-5+. The van der Waals surface area contributed by atoms with Crippen molar-refractivity contribution < 1.29 is 14.8 Å². The fourth-order valence-electron chi connectivity index (χ4n) is 1.26. The van der Waals surface area contributed by atoms with Gasteiger partial charge in [-0.1, -0.05) is 29.3 Å². The molecule has 1 aromatic rings. The normalized spacial score (nSPS) is 11.3. The molecule has 0 aliphatic rings. The largest absolute Gasteiger partial charge is 0.478 e. The van der Waals surface area contributed by atoms with Crippen LogP contribution < -0.4 is 0 Å². The molecule has 7 heteroatoms. The van der Waals surface area contributed by atoms with Crippen molar-refractivity contribution in [1.82, 2.24) is 0 Å². The van der Waals surface area contributed by atoms with Crippen LogP contribution in [0.25, 0.3) is 6.08 Å². The van der Waals surface area contributed by atoms with Gasteiger partial charge in [-0.2, -0.15) is 0 Å². The number of carbonyl (C=O) groups is 1. The molecular weight excluding hydrogens is 281 g/mol. The zero-order valence-corrected chi connectivity index (χ0v) is 10.6. The molecule has 0 heterocycles. The smallest absolute Gasteiger partial charge is 0.331 e. The molecule has 1 N–H and O–H groups in total. The number of carboxylic acids is 1. The van der Waals surface area contributed by atoms with Gasteiger partial charge in [-0.15, -0.1) is 0 Å². The predicted octanol–water partition coefficient (Wildman–Crippen LogP) is 3.13. The van der Waals surface area contributed by atoms with Crippen molar-refractivity contribution in [3.05, 3.63) is 49.5 Å². The first-order chi connectivity index (χ1) is 8.40. The number of aliphatic carboxylic acids is 1. The predicted molar refractivity (Wildman–Crippen MR) is 68.6 cm³/mol. The first-order valence-corrected chi connectivity index (χ1v) is 5.66. The Morgan fingerprint density at radius 3 is 2.61 bits per heavy atom. The van der Waals surface area contributed by atoms with Crippen molar-refractivity contribution in [3.63, 3.8) is 0 Å². The first-order valence-electron chi connectivity index (χ1n) is 4.91. The maximum atomic E-state index is 10.9. The van der Waals surface area contributed by atoms with Gasteiger partial charge in [-0.3, -0.25) is 10.1 Å². The van der Waals surface area contributed by atoms with E-state index in [1.807, 2.05) is 0 Å². The summed E-state index contributed by atoms with van der Waals surface area (Å²) in [4.78, 5) is 20.6. The van der Waals surface area contributed by atoms with Gasteiger partial charge in [0.05, 0.1) is 0 Å². The first kappa shape index (κ1) is 14.5. The molecular formula is C11H9Cl2NO4. The Kier molecular flexibility index (Phi) is 5.12. The SMILES string of the molecule is O=C(O)/C(=C/c1ccc(Cl)cc1Cl)CC[N+](=O)[O-]. The summed E-state index contributed by atoms with van der Waals surface area (Å²) >= 11 is 11.6. The van der Waals surface area contributed by atoms with E-state index in [0.29, 0.717) is 15.6 Å². The molecule has 0 spiro atoms. The molecule has 0 radical (unpaired) electrons. The molecule has 0 bridgehead atoms. The second kappa shape index (κ2) is 6.37. The van der Waals surface area contributed by atoms with Crippen LogP contribution in [-0.4, -0.2) is 22.5 Å². The van der Waals surface area contributed by atoms with Crippen LogP contribution in [0, 0.1) is 10.1 Å². The molecule has 1 aromatic carbocycles. The lowest BCUT2D eigenvalue weighted by atomic mass is 10.1. The summed E-state index contributed by atoms with van der Waals surface area (Å²) in [5.74, 6) is -1.21. The zero-order chi connectivity index (χ0) is 13.7. The average molecular weight is 290 g/mol. The molecule has 1 rings (SSSR count). The molecule has 0 unspecified atom stereocenters. The van der Waals surface area contributed by atoms with Crippen LogP contribution in [0.4, 0.5) is 0 Å². The Labute approximate surface area is 113 Å². The molecule has 18 heavy (non-hydrogen) atoms. The minimum atomic E-state index is -1.21. The number of hydrogen-bond acceptors (Lipinski definition) is 3. The maximum Gasteiger partial charge on any atom is 0.331 e. The summed E-state index contributed by atoms with van der Waals surface area (Å²) in [6.07, 6.45) is 1.14. The third-order valence-electron chi connectivity index (χ3n) is 2.13. The van der Waals surface area contributed by atoms with Gasteiger partial charge in [0.15, 0.2) is 0 Å². The van der Waals surface area contributed by atoms with E-state index in [4.69, 9.17) is 28.3 Å². The second-order valence-corrected chi connectivity index (χ2v) is 4.29. The van der Waals surface area contributed by atoms with Crippen LogP contribution >= 0.6 is 23.2 Å². The number of carboxylic acid groups (broad SMARTS) is 1. The summed E-state index contributed by atoms with van der Waals surface area (Å²) in [5.41, 5.74) is 0.387. The summed E-state index contributed by atoms with van der Waals surface area (Å²) < 4.78 is 0. The Bertz CT molecular complexity index is 514. The molecule has 96 valence electrons.